The van der Waals surface area contributed by atoms with Crippen LogP contribution in [0.25, 0.3) is 0 Å². The van der Waals surface area contributed by atoms with Crippen LogP contribution in [0.2, 0.25) is 0 Å². The van der Waals surface area contributed by atoms with Crippen LogP contribution in [0.4, 0.5) is 0 Å². The van der Waals surface area contributed by atoms with Gasteiger partial charge in [0.05, 0.1) is 12.7 Å². The molecule has 1 heterocycles. The zero-order valence-corrected chi connectivity index (χ0v) is 16.1. The van der Waals surface area contributed by atoms with Crippen LogP contribution >= 0.6 is 0 Å². The van der Waals surface area contributed by atoms with Crippen LogP contribution in [0.1, 0.15) is 94.1 Å². The second-order valence-electron chi connectivity index (χ2n) is 8.26. The molecule has 0 aromatic heterocycles. The van der Waals surface area contributed by atoms with Gasteiger partial charge in [0.1, 0.15) is 0 Å². The third-order valence-corrected chi connectivity index (χ3v) is 6.52. The van der Waals surface area contributed by atoms with E-state index in [-0.39, 0.29) is 6.10 Å². The average molecular weight is 341 g/mol. The Kier molecular flexibility index (Phi) is 7.16. The molecule has 1 saturated heterocycles. The summed E-state index contributed by atoms with van der Waals surface area (Å²) in [6.07, 6.45) is 15.9. The first-order chi connectivity index (χ1) is 12.3. The Morgan fingerprint density at radius 1 is 0.920 bits per heavy atom. The Hall–Kier alpha value is -1.08. The molecule has 2 fully saturated rings. The molecule has 1 aromatic carbocycles. The molecule has 0 spiro atoms. The summed E-state index contributed by atoms with van der Waals surface area (Å²) < 4.78 is 5.87. The van der Waals surface area contributed by atoms with E-state index < -0.39 is 0 Å². The van der Waals surface area contributed by atoms with Gasteiger partial charge in [0.15, 0.2) is 0 Å². The third-order valence-electron chi connectivity index (χ3n) is 6.52. The van der Waals surface area contributed by atoms with Gasteiger partial charge in [-0.2, -0.15) is 0 Å². The highest BCUT2D eigenvalue weighted by Crippen LogP contribution is 2.38. The quantitative estimate of drug-likeness (QED) is 0.384. The maximum Gasteiger partial charge on any atom is 0.0753 e. The molecule has 1 aliphatic heterocycles. The smallest absolute Gasteiger partial charge is 0.0753 e. The number of rotatable bonds is 7. The second-order valence-corrected chi connectivity index (χ2v) is 8.26. The lowest BCUT2D eigenvalue weighted by molar-refractivity contribution is 0.0329. The van der Waals surface area contributed by atoms with E-state index in [2.05, 4.69) is 37.8 Å². The van der Waals surface area contributed by atoms with Crippen molar-refractivity contribution < 1.29 is 4.74 Å². The molecule has 1 aromatic rings. The van der Waals surface area contributed by atoms with Gasteiger partial charge in [0.2, 0.25) is 0 Å². The van der Waals surface area contributed by atoms with E-state index in [1.165, 1.54) is 63.4 Å². The van der Waals surface area contributed by atoms with E-state index in [4.69, 9.17) is 4.74 Å². The van der Waals surface area contributed by atoms with Crippen LogP contribution in [0, 0.1) is 5.92 Å². The molecule has 1 nitrogen and oxygen atoms in total. The predicted molar refractivity (Wildman–Crippen MR) is 107 cm³/mol. The minimum absolute atomic E-state index is 0.267. The van der Waals surface area contributed by atoms with Gasteiger partial charge in [-0.3, -0.25) is 0 Å². The van der Waals surface area contributed by atoms with E-state index in [1.54, 1.807) is 5.56 Å². The van der Waals surface area contributed by atoms with Gasteiger partial charge in [-0.1, -0.05) is 62.9 Å². The summed E-state index contributed by atoms with van der Waals surface area (Å²) >= 11 is 0. The lowest BCUT2D eigenvalue weighted by atomic mass is 9.76. The Morgan fingerprint density at radius 3 is 2.12 bits per heavy atom. The van der Waals surface area contributed by atoms with Gasteiger partial charge in [-0.25, -0.2) is 0 Å². The number of unbranched alkanes of at least 4 members (excludes halogenated alkanes) is 2. The monoisotopic (exact) mass is 340 g/mol. The Bertz CT molecular complexity index is 501. The standard InChI is InChI=1S/C24H36O/c1-3-5-6-7-19-8-10-20(11-9-19)21-12-14-22(15-13-21)23-16-17-24(4-2)25-18-23/h4,12-15,19-20,23-24H,2-3,5-11,16-18H2,1H3. The third kappa shape index (κ3) is 5.20. The fourth-order valence-corrected chi connectivity index (χ4v) is 4.73. The molecule has 2 aliphatic rings. The van der Waals surface area contributed by atoms with Gasteiger partial charge in [-0.05, 0) is 61.5 Å². The lowest BCUT2D eigenvalue weighted by Gasteiger charge is -2.30. The van der Waals surface area contributed by atoms with Crippen molar-refractivity contribution in [3.63, 3.8) is 0 Å². The first kappa shape index (κ1) is 18.7. The summed E-state index contributed by atoms with van der Waals surface area (Å²) in [5.74, 6) is 2.36. The first-order valence-electron chi connectivity index (χ1n) is 10.6. The zero-order chi connectivity index (χ0) is 17.5. The van der Waals surface area contributed by atoms with Gasteiger partial charge in [0, 0.05) is 5.92 Å². The van der Waals surface area contributed by atoms with Crippen molar-refractivity contribution in [3.05, 3.63) is 48.0 Å². The molecular formula is C24H36O. The van der Waals surface area contributed by atoms with E-state index in [9.17, 15) is 0 Å². The second kappa shape index (κ2) is 9.57. The van der Waals surface area contributed by atoms with Crippen LogP contribution in [0.15, 0.2) is 36.9 Å². The maximum absolute atomic E-state index is 5.87. The Morgan fingerprint density at radius 2 is 1.56 bits per heavy atom. The minimum Gasteiger partial charge on any atom is -0.374 e. The van der Waals surface area contributed by atoms with Crippen LogP contribution < -0.4 is 0 Å². The molecule has 2 unspecified atom stereocenters. The molecule has 0 N–H and O–H groups in total. The summed E-state index contributed by atoms with van der Waals surface area (Å²) in [4.78, 5) is 0. The molecule has 1 aliphatic carbocycles. The van der Waals surface area contributed by atoms with Gasteiger partial charge >= 0.3 is 0 Å². The Labute approximate surface area is 154 Å². The number of benzene rings is 1. The zero-order valence-electron chi connectivity index (χ0n) is 16.1. The molecular weight excluding hydrogens is 304 g/mol. The maximum atomic E-state index is 5.87. The van der Waals surface area contributed by atoms with Gasteiger partial charge in [-0.15, -0.1) is 6.58 Å². The highest BCUT2D eigenvalue weighted by atomic mass is 16.5. The van der Waals surface area contributed by atoms with E-state index in [0.29, 0.717) is 5.92 Å². The van der Waals surface area contributed by atoms with Crippen LogP contribution in [-0.2, 0) is 4.74 Å². The normalized spacial score (nSPS) is 30.1. The number of hydrogen-bond acceptors (Lipinski definition) is 1. The van der Waals surface area contributed by atoms with Crippen molar-refractivity contribution >= 4 is 0 Å². The highest BCUT2D eigenvalue weighted by molar-refractivity contribution is 5.28. The molecule has 138 valence electrons. The van der Waals surface area contributed by atoms with Crippen molar-refractivity contribution in [2.24, 2.45) is 5.92 Å². The van der Waals surface area contributed by atoms with Crippen molar-refractivity contribution in [1.29, 1.82) is 0 Å². The van der Waals surface area contributed by atoms with Crippen molar-refractivity contribution in [2.45, 2.75) is 89.1 Å². The summed E-state index contributed by atoms with van der Waals surface area (Å²) in [6, 6.07) is 9.53. The van der Waals surface area contributed by atoms with Crippen LogP contribution in [0.3, 0.4) is 0 Å². The van der Waals surface area contributed by atoms with Crippen LogP contribution in [-0.4, -0.2) is 12.7 Å². The van der Waals surface area contributed by atoms with Crippen LogP contribution in [0.5, 0.6) is 0 Å². The minimum atomic E-state index is 0.267. The largest absolute Gasteiger partial charge is 0.374 e. The summed E-state index contributed by atoms with van der Waals surface area (Å²) in [6.45, 7) is 7.00. The molecule has 1 heteroatoms. The highest BCUT2D eigenvalue weighted by Gasteiger charge is 2.24. The van der Waals surface area contributed by atoms with Crippen molar-refractivity contribution in [1.82, 2.24) is 0 Å². The fraction of sp³-hybridized carbons (Fsp3) is 0.667. The van der Waals surface area contributed by atoms with E-state index in [0.717, 1.165) is 24.9 Å². The summed E-state index contributed by atoms with van der Waals surface area (Å²) in [5.41, 5.74) is 3.02. The van der Waals surface area contributed by atoms with Gasteiger partial charge in [0.25, 0.3) is 0 Å². The number of ether oxygens (including phenoxy) is 1. The SMILES string of the molecule is C=CC1CCC(c2ccc(C3CCC(CCCCC)CC3)cc2)CO1. The van der Waals surface area contributed by atoms with E-state index in [1.807, 2.05) is 6.08 Å². The predicted octanol–water partition coefficient (Wildman–Crippen LogP) is 6.99. The lowest BCUT2D eigenvalue weighted by Crippen LogP contribution is -2.23. The van der Waals surface area contributed by atoms with Crippen molar-refractivity contribution in [2.75, 3.05) is 6.61 Å². The average Bonchev–Trinajstić information content (AvgIpc) is 2.69. The molecule has 25 heavy (non-hydrogen) atoms. The number of hydrogen-bond donors (Lipinski definition) is 0. The fourth-order valence-electron chi connectivity index (χ4n) is 4.73. The van der Waals surface area contributed by atoms with E-state index >= 15 is 0 Å². The molecule has 2 atom stereocenters. The summed E-state index contributed by atoms with van der Waals surface area (Å²) in [5, 5.41) is 0. The Balaban J connectivity index is 1.47. The molecule has 0 amide bonds. The summed E-state index contributed by atoms with van der Waals surface area (Å²) in [7, 11) is 0. The molecule has 0 bridgehead atoms. The molecule has 3 rings (SSSR count). The first-order valence-corrected chi connectivity index (χ1v) is 10.6. The van der Waals surface area contributed by atoms with Gasteiger partial charge < -0.3 is 4.74 Å². The molecule has 0 radical (unpaired) electrons. The topological polar surface area (TPSA) is 9.23 Å². The molecule has 1 saturated carbocycles. The van der Waals surface area contributed by atoms with Crippen molar-refractivity contribution in [3.8, 4) is 0 Å².